The molecule has 0 radical (unpaired) electrons. The van der Waals surface area contributed by atoms with Gasteiger partial charge in [0.25, 0.3) is 15.2 Å². The summed E-state index contributed by atoms with van der Waals surface area (Å²) in [5, 5.41) is 10.7. The molecule has 0 unspecified atom stereocenters. The van der Waals surface area contributed by atoms with Crippen LogP contribution in [0, 0.1) is 6.92 Å². The van der Waals surface area contributed by atoms with Crippen LogP contribution in [-0.2, 0) is 16.4 Å². The monoisotopic (exact) mass is 252 g/mol. The van der Waals surface area contributed by atoms with E-state index in [-0.39, 0.29) is 5.16 Å². The molecule has 0 spiro atoms. The lowest BCUT2D eigenvalue weighted by molar-refractivity contribution is 0.589. The predicted molar refractivity (Wildman–Crippen MR) is 61.7 cm³/mol. The van der Waals surface area contributed by atoms with Crippen LogP contribution >= 0.6 is 0 Å². The summed E-state index contributed by atoms with van der Waals surface area (Å²) in [6.07, 6.45) is 0.495. The lowest BCUT2D eigenvalue weighted by Crippen LogP contribution is -2.14. The molecule has 0 aliphatic rings. The summed E-state index contributed by atoms with van der Waals surface area (Å²) < 4.78 is 22.0. The van der Waals surface area contributed by atoms with Gasteiger partial charge < -0.3 is 0 Å². The third kappa shape index (κ3) is 2.69. The number of rotatable bonds is 3. The number of nitrogens with two attached hydrogens (primary N) is 1. The number of hydrogen-bond acceptors (Lipinski definition) is 4. The Balaban J connectivity index is 2.26. The number of aromatic nitrogens is 3. The highest BCUT2D eigenvalue weighted by Crippen LogP contribution is 2.11. The molecule has 6 nitrogen and oxygen atoms in total. The van der Waals surface area contributed by atoms with Gasteiger partial charge in [-0.25, -0.2) is 18.5 Å². The van der Waals surface area contributed by atoms with Gasteiger partial charge in [0, 0.05) is 6.42 Å². The smallest absolute Gasteiger partial charge is 0.262 e. The maximum atomic E-state index is 11.0. The van der Waals surface area contributed by atoms with Crippen LogP contribution in [-0.4, -0.2) is 23.6 Å². The fraction of sp³-hybridized carbons (Fsp3) is 0.200. The van der Waals surface area contributed by atoms with Crippen LogP contribution in [0.4, 0.5) is 0 Å². The minimum Gasteiger partial charge on any atom is -0.262 e. The molecule has 0 saturated carbocycles. The van der Waals surface area contributed by atoms with E-state index in [0.717, 1.165) is 11.1 Å². The molecule has 7 heteroatoms. The first-order chi connectivity index (χ1) is 7.97. The van der Waals surface area contributed by atoms with E-state index in [2.05, 4.69) is 15.2 Å². The SMILES string of the molecule is Cc1ccccc1Cc1nc(S(N)(=O)=O)n[nH]1. The Bertz CT molecular complexity index is 633. The highest BCUT2D eigenvalue weighted by molar-refractivity contribution is 7.89. The summed E-state index contributed by atoms with van der Waals surface area (Å²) in [6, 6.07) is 7.79. The van der Waals surface area contributed by atoms with Crippen molar-refractivity contribution in [3.8, 4) is 0 Å². The molecule has 1 aromatic heterocycles. The minimum absolute atomic E-state index is 0.374. The van der Waals surface area contributed by atoms with Gasteiger partial charge in [-0.3, -0.25) is 5.10 Å². The van der Waals surface area contributed by atoms with Crippen LogP contribution in [0.2, 0.25) is 0 Å². The molecule has 3 N–H and O–H groups in total. The third-order valence-corrected chi connectivity index (χ3v) is 3.08. The third-order valence-electron chi connectivity index (χ3n) is 2.38. The van der Waals surface area contributed by atoms with Crippen LogP contribution in [0.1, 0.15) is 17.0 Å². The summed E-state index contributed by atoms with van der Waals surface area (Å²) >= 11 is 0. The van der Waals surface area contributed by atoms with Crippen molar-refractivity contribution in [1.29, 1.82) is 0 Å². The average molecular weight is 252 g/mol. The Morgan fingerprint density at radius 2 is 2.06 bits per heavy atom. The zero-order chi connectivity index (χ0) is 12.5. The molecule has 2 rings (SSSR count). The number of H-pyrrole nitrogens is 1. The first-order valence-corrected chi connectivity index (χ1v) is 6.50. The number of aromatic amines is 1. The van der Waals surface area contributed by atoms with Crippen molar-refractivity contribution in [2.75, 3.05) is 0 Å². The molecule has 0 aliphatic heterocycles. The number of nitrogens with one attached hydrogen (secondary N) is 1. The fourth-order valence-electron chi connectivity index (χ4n) is 1.47. The second kappa shape index (κ2) is 4.27. The van der Waals surface area contributed by atoms with Gasteiger partial charge in [-0.1, -0.05) is 24.3 Å². The Morgan fingerprint density at radius 3 is 2.65 bits per heavy atom. The van der Waals surface area contributed by atoms with E-state index in [1.807, 2.05) is 31.2 Å². The van der Waals surface area contributed by atoms with E-state index in [1.165, 1.54) is 0 Å². The minimum atomic E-state index is -3.84. The molecule has 0 fully saturated rings. The van der Waals surface area contributed by atoms with Crippen molar-refractivity contribution >= 4 is 10.0 Å². The van der Waals surface area contributed by atoms with Gasteiger partial charge >= 0.3 is 0 Å². The van der Waals surface area contributed by atoms with Crippen LogP contribution in [0.15, 0.2) is 29.4 Å². The van der Waals surface area contributed by atoms with E-state index in [0.29, 0.717) is 12.2 Å². The topological polar surface area (TPSA) is 102 Å². The van der Waals surface area contributed by atoms with Gasteiger partial charge in [0.1, 0.15) is 5.82 Å². The molecule has 1 aromatic carbocycles. The highest BCUT2D eigenvalue weighted by Gasteiger charge is 2.14. The Labute approximate surface area is 98.9 Å². The summed E-state index contributed by atoms with van der Waals surface area (Å²) in [7, 11) is -3.84. The molecular formula is C10H12N4O2S. The summed E-state index contributed by atoms with van der Waals surface area (Å²) in [4.78, 5) is 3.84. The van der Waals surface area contributed by atoms with Crippen LogP contribution in [0.3, 0.4) is 0 Å². The van der Waals surface area contributed by atoms with Crippen molar-refractivity contribution in [3.63, 3.8) is 0 Å². The largest absolute Gasteiger partial charge is 0.282 e. The fourth-order valence-corrected chi connectivity index (χ4v) is 1.88. The number of aryl methyl sites for hydroxylation is 1. The van der Waals surface area contributed by atoms with E-state index in [9.17, 15) is 8.42 Å². The van der Waals surface area contributed by atoms with Crippen molar-refractivity contribution in [2.24, 2.45) is 5.14 Å². The standard InChI is InChI=1S/C10H12N4O2S/c1-7-4-2-3-5-8(7)6-9-12-10(14-13-9)17(11,15)16/h2-5H,6H2,1H3,(H2,11,15,16)(H,12,13,14). The molecule has 90 valence electrons. The number of hydrogen-bond donors (Lipinski definition) is 2. The second-order valence-electron chi connectivity index (χ2n) is 3.71. The van der Waals surface area contributed by atoms with Gasteiger partial charge in [0.05, 0.1) is 0 Å². The number of nitrogens with zero attached hydrogens (tertiary/aromatic N) is 2. The van der Waals surface area contributed by atoms with Crippen LogP contribution in [0.5, 0.6) is 0 Å². The Kier molecular flexibility index (Phi) is 2.95. The highest BCUT2D eigenvalue weighted by atomic mass is 32.2. The maximum absolute atomic E-state index is 11.0. The molecule has 0 atom stereocenters. The zero-order valence-electron chi connectivity index (χ0n) is 9.21. The van der Waals surface area contributed by atoms with Crippen molar-refractivity contribution in [1.82, 2.24) is 15.2 Å². The first-order valence-electron chi connectivity index (χ1n) is 4.95. The van der Waals surface area contributed by atoms with E-state index in [1.54, 1.807) is 0 Å². The van der Waals surface area contributed by atoms with Gasteiger partial charge in [-0.15, -0.1) is 5.10 Å². The first kappa shape index (κ1) is 11.7. The number of primary sulfonamides is 1. The normalized spacial score (nSPS) is 11.6. The van der Waals surface area contributed by atoms with Gasteiger partial charge in [0.15, 0.2) is 0 Å². The molecule has 1 heterocycles. The Morgan fingerprint density at radius 1 is 1.35 bits per heavy atom. The molecular weight excluding hydrogens is 240 g/mol. The maximum Gasteiger partial charge on any atom is 0.282 e. The molecule has 0 bridgehead atoms. The quantitative estimate of drug-likeness (QED) is 0.822. The number of benzene rings is 1. The predicted octanol–water partition coefficient (Wildman–Crippen LogP) is 0.351. The summed E-state index contributed by atoms with van der Waals surface area (Å²) in [5.41, 5.74) is 2.17. The van der Waals surface area contributed by atoms with E-state index >= 15 is 0 Å². The second-order valence-corrected chi connectivity index (χ2v) is 5.17. The van der Waals surface area contributed by atoms with Gasteiger partial charge in [0.2, 0.25) is 0 Å². The van der Waals surface area contributed by atoms with E-state index < -0.39 is 10.0 Å². The Hall–Kier alpha value is -1.73. The molecule has 0 saturated heterocycles. The zero-order valence-corrected chi connectivity index (χ0v) is 10.0. The summed E-state index contributed by atoms with van der Waals surface area (Å²) in [6.45, 7) is 1.98. The van der Waals surface area contributed by atoms with Crippen LogP contribution < -0.4 is 5.14 Å². The van der Waals surface area contributed by atoms with E-state index in [4.69, 9.17) is 5.14 Å². The van der Waals surface area contributed by atoms with Gasteiger partial charge in [-0.05, 0) is 18.1 Å². The van der Waals surface area contributed by atoms with Crippen molar-refractivity contribution in [2.45, 2.75) is 18.5 Å². The summed E-state index contributed by atoms with van der Waals surface area (Å²) in [5.74, 6) is 0.475. The molecule has 0 aliphatic carbocycles. The van der Waals surface area contributed by atoms with Crippen molar-refractivity contribution in [3.05, 3.63) is 41.2 Å². The van der Waals surface area contributed by atoms with Crippen LogP contribution in [0.25, 0.3) is 0 Å². The molecule has 0 amide bonds. The van der Waals surface area contributed by atoms with Crippen molar-refractivity contribution < 1.29 is 8.42 Å². The average Bonchev–Trinajstić information content (AvgIpc) is 2.69. The number of sulfonamides is 1. The lowest BCUT2D eigenvalue weighted by atomic mass is 10.1. The van der Waals surface area contributed by atoms with Gasteiger partial charge in [-0.2, -0.15) is 0 Å². The lowest BCUT2D eigenvalue weighted by Gasteiger charge is -2.01. The molecule has 17 heavy (non-hydrogen) atoms. The molecule has 2 aromatic rings.